The Balaban J connectivity index is 1.85. The van der Waals surface area contributed by atoms with Gasteiger partial charge in [0.05, 0.1) is 21.3 Å². The Morgan fingerprint density at radius 2 is 1.16 bits per heavy atom. The highest BCUT2D eigenvalue weighted by atomic mass is 16.6. The van der Waals surface area contributed by atoms with Crippen LogP contribution in [0.2, 0.25) is 0 Å². The van der Waals surface area contributed by atoms with E-state index in [4.69, 9.17) is 0 Å². The zero-order valence-electron chi connectivity index (χ0n) is 17.3. The number of hydrogen-bond donors (Lipinski definition) is 2. The molecule has 0 fully saturated rings. The second kappa shape index (κ2) is 11.1. The molecule has 0 saturated carbocycles. The Bertz CT molecular complexity index is 1020. The average Bonchev–Trinajstić information content (AvgIpc) is 2.79. The summed E-state index contributed by atoms with van der Waals surface area (Å²) in [6.07, 6.45) is -0.328. The molecule has 0 saturated heterocycles. The molecule has 2 rings (SSSR count). The first-order chi connectivity index (χ1) is 15.2. The van der Waals surface area contributed by atoms with Gasteiger partial charge in [-0.3, -0.25) is 29.8 Å². The molecule has 0 bridgehead atoms. The molecule has 0 aromatic heterocycles. The minimum absolute atomic E-state index is 0.0963. The predicted molar refractivity (Wildman–Crippen MR) is 116 cm³/mol. The minimum Gasteiger partial charge on any atom is -0.273 e. The van der Waals surface area contributed by atoms with Crippen LogP contribution >= 0.6 is 0 Å². The maximum atomic E-state index is 11.9. The van der Waals surface area contributed by atoms with Crippen molar-refractivity contribution in [2.75, 3.05) is 0 Å². The largest absolute Gasteiger partial charge is 0.273 e. The first-order valence-electron chi connectivity index (χ1n) is 9.33. The molecule has 0 radical (unpaired) electrons. The smallest absolute Gasteiger partial charge is 0.270 e. The molecular weight excluding hydrogens is 420 g/mol. The maximum Gasteiger partial charge on any atom is 0.270 e. The van der Waals surface area contributed by atoms with Crippen LogP contribution in [0.5, 0.6) is 0 Å². The fourth-order valence-electron chi connectivity index (χ4n) is 2.45. The zero-order valence-corrected chi connectivity index (χ0v) is 17.3. The van der Waals surface area contributed by atoms with E-state index in [-0.39, 0.29) is 24.2 Å². The summed E-state index contributed by atoms with van der Waals surface area (Å²) >= 11 is 0. The molecule has 0 unspecified atom stereocenters. The molecule has 0 atom stereocenters. The maximum absolute atomic E-state index is 11.9. The Hall–Kier alpha value is -4.48. The van der Waals surface area contributed by atoms with E-state index in [1.165, 1.54) is 36.4 Å². The number of carbonyl (C=O) groups is 2. The van der Waals surface area contributed by atoms with Gasteiger partial charge in [-0.25, -0.2) is 10.9 Å². The number of benzene rings is 2. The van der Waals surface area contributed by atoms with Crippen molar-refractivity contribution in [3.8, 4) is 0 Å². The molecule has 0 aliphatic rings. The fraction of sp³-hybridized carbons (Fsp3) is 0.200. The van der Waals surface area contributed by atoms with Crippen molar-refractivity contribution < 1.29 is 19.4 Å². The van der Waals surface area contributed by atoms with Gasteiger partial charge in [-0.1, -0.05) is 24.3 Å². The Labute approximate surface area is 182 Å². The number of carbonyl (C=O) groups excluding carboxylic acids is 2. The van der Waals surface area contributed by atoms with Gasteiger partial charge in [0.2, 0.25) is 11.8 Å². The summed E-state index contributed by atoms with van der Waals surface area (Å²) in [7, 11) is 0. The van der Waals surface area contributed by atoms with Crippen molar-refractivity contribution in [1.82, 2.24) is 10.9 Å². The predicted octanol–water partition coefficient (Wildman–Crippen LogP) is 2.66. The van der Waals surface area contributed by atoms with Gasteiger partial charge in [0.15, 0.2) is 0 Å². The summed E-state index contributed by atoms with van der Waals surface area (Å²) in [5.41, 5.74) is 6.07. The zero-order chi connectivity index (χ0) is 23.7. The second-order valence-corrected chi connectivity index (χ2v) is 6.58. The van der Waals surface area contributed by atoms with E-state index in [0.717, 1.165) is 0 Å². The van der Waals surface area contributed by atoms with Gasteiger partial charge in [0, 0.05) is 48.2 Å². The molecule has 0 aliphatic heterocycles. The summed E-state index contributed by atoms with van der Waals surface area (Å²) in [6.45, 7) is 3.16. The minimum atomic E-state index is -0.531. The fourth-order valence-corrected chi connectivity index (χ4v) is 2.45. The van der Waals surface area contributed by atoms with E-state index in [2.05, 4.69) is 21.1 Å². The molecule has 2 aromatic rings. The first-order valence-corrected chi connectivity index (χ1v) is 9.33. The number of rotatable bonds is 9. The standard InChI is InChI=1S/C20H20N6O6/c1-13(15-5-3-7-17(11-15)25(29)30)21-23-19(27)9-10-20(28)24-22-14(2)16-6-4-8-18(12-16)26(31)32/h3-8,11-12H,9-10H2,1-2H3,(H,23,27)(H,24,28)/b21-13-,22-14+. The lowest BCUT2D eigenvalue weighted by Crippen LogP contribution is -2.24. The molecule has 12 nitrogen and oxygen atoms in total. The number of hydrogen-bond acceptors (Lipinski definition) is 8. The molecular formula is C20H20N6O6. The van der Waals surface area contributed by atoms with Crippen LogP contribution in [0.1, 0.15) is 37.8 Å². The third-order valence-electron chi connectivity index (χ3n) is 4.23. The van der Waals surface area contributed by atoms with E-state index in [1.807, 2.05) is 0 Å². The van der Waals surface area contributed by atoms with E-state index in [0.29, 0.717) is 22.6 Å². The molecule has 2 aromatic carbocycles. The molecule has 0 spiro atoms. The number of nitrogens with one attached hydrogen (secondary N) is 2. The number of nitro groups is 2. The van der Waals surface area contributed by atoms with Crippen molar-refractivity contribution in [1.29, 1.82) is 0 Å². The molecule has 2 amide bonds. The van der Waals surface area contributed by atoms with Gasteiger partial charge in [0.25, 0.3) is 11.4 Å². The van der Waals surface area contributed by atoms with Gasteiger partial charge in [0.1, 0.15) is 0 Å². The van der Waals surface area contributed by atoms with Gasteiger partial charge in [-0.15, -0.1) is 0 Å². The molecule has 166 valence electrons. The number of nitro benzene ring substituents is 2. The Morgan fingerprint density at radius 1 is 0.781 bits per heavy atom. The average molecular weight is 440 g/mol. The van der Waals surface area contributed by atoms with E-state index >= 15 is 0 Å². The normalized spacial score (nSPS) is 11.6. The lowest BCUT2D eigenvalue weighted by molar-refractivity contribution is -0.385. The third kappa shape index (κ3) is 7.09. The topological polar surface area (TPSA) is 169 Å². The van der Waals surface area contributed by atoms with Crippen molar-refractivity contribution in [3.05, 3.63) is 79.9 Å². The number of non-ortho nitro benzene ring substituents is 2. The lowest BCUT2D eigenvalue weighted by Gasteiger charge is -2.04. The second-order valence-electron chi connectivity index (χ2n) is 6.58. The summed E-state index contributed by atoms with van der Waals surface area (Å²) in [5, 5.41) is 29.4. The van der Waals surface area contributed by atoms with Gasteiger partial charge in [-0.2, -0.15) is 10.2 Å². The first kappa shape index (κ1) is 23.8. The quantitative estimate of drug-likeness (QED) is 0.345. The SMILES string of the molecule is C/C(=N/NC(=O)CCC(=O)N/N=C(\C)c1cccc([N+](=O)[O-])c1)c1cccc([N+](=O)[O-])c1. The van der Waals surface area contributed by atoms with E-state index < -0.39 is 21.7 Å². The van der Waals surface area contributed by atoms with Crippen molar-refractivity contribution >= 4 is 34.6 Å². The van der Waals surface area contributed by atoms with Gasteiger partial charge >= 0.3 is 0 Å². The van der Waals surface area contributed by atoms with Crippen LogP contribution in [0.4, 0.5) is 11.4 Å². The number of nitrogens with zero attached hydrogens (tertiary/aromatic N) is 4. The highest BCUT2D eigenvalue weighted by molar-refractivity contribution is 6.00. The van der Waals surface area contributed by atoms with Crippen LogP contribution in [0.15, 0.2) is 58.7 Å². The molecule has 0 aliphatic carbocycles. The lowest BCUT2D eigenvalue weighted by atomic mass is 10.1. The highest BCUT2D eigenvalue weighted by Gasteiger charge is 2.10. The van der Waals surface area contributed by atoms with Gasteiger partial charge < -0.3 is 0 Å². The summed E-state index contributed by atoms with van der Waals surface area (Å²) < 4.78 is 0. The molecule has 32 heavy (non-hydrogen) atoms. The van der Waals surface area contributed by atoms with Crippen LogP contribution in [0.3, 0.4) is 0 Å². The Kier molecular flexibility index (Phi) is 8.22. The summed E-state index contributed by atoms with van der Waals surface area (Å²) in [5.74, 6) is -1.05. The monoisotopic (exact) mass is 440 g/mol. The van der Waals surface area contributed by atoms with Crippen molar-refractivity contribution in [2.45, 2.75) is 26.7 Å². The van der Waals surface area contributed by atoms with Crippen molar-refractivity contribution in [2.24, 2.45) is 10.2 Å². The van der Waals surface area contributed by atoms with Crippen LogP contribution in [0.25, 0.3) is 0 Å². The summed E-state index contributed by atoms with van der Waals surface area (Å²) in [4.78, 5) is 44.4. The van der Waals surface area contributed by atoms with Crippen LogP contribution in [-0.2, 0) is 9.59 Å². The highest BCUT2D eigenvalue weighted by Crippen LogP contribution is 2.14. The van der Waals surface area contributed by atoms with Crippen LogP contribution in [-0.4, -0.2) is 33.1 Å². The Morgan fingerprint density at radius 3 is 1.50 bits per heavy atom. The number of amides is 2. The number of hydrazone groups is 2. The van der Waals surface area contributed by atoms with E-state index in [1.54, 1.807) is 26.0 Å². The van der Waals surface area contributed by atoms with Crippen LogP contribution in [0, 0.1) is 20.2 Å². The summed E-state index contributed by atoms with van der Waals surface area (Å²) in [6, 6.07) is 11.6. The van der Waals surface area contributed by atoms with Gasteiger partial charge in [-0.05, 0) is 13.8 Å². The molecule has 2 N–H and O–H groups in total. The third-order valence-corrected chi connectivity index (χ3v) is 4.23. The van der Waals surface area contributed by atoms with E-state index in [9.17, 15) is 29.8 Å². The molecule has 0 heterocycles. The molecule has 12 heteroatoms. The van der Waals surface area contributed by atoms with Crippen molar-refractivity contribution in [3.63, 3.8) is 0 Å². The van der Waals surface area contributed by atoms with Crippen LogP contribution < -0.4 is 10.9 Å².